The zero-order chi connectivity index (χ0) is 19.1. The number of benzene rings is 4. The van der Waals surface area contributed by atoms with Gasteiger partial charge >= 0.3 is 0 Å². The van der Waals surface area contributed by atoms with Crippen LogP contribution in [0.5, 0.6) is 0 Å². The van der Waals surface area contributed by atoms with Gasteiger partial charge in [0.05, 0.1) is 0 Å². The molecular formula is C25H15ClO2. The van der Waals surface area contributed by atoms with E-state index in [1.165, 1.54) is 0 Å². The number of ketones is 1. The highest BCUT2D eigenvalue weighted by molar-refractivity contribution is 6.31. The van der Waals surface area contributed by atoms with Crippen molar-refractivity contribution in [3.05, 3.63) is 107 Å². The number of carbonyl (C=O) groups excluding carboxylic acids is 1. The molecule has 0 fully saturated rings. The SMILES string of the molecule is O=C(c1ccccc1)c1ccc(-c2ccc3c(c2)oc2cc(Cl)ccc23)cc1. The van der Waals surface area contributed by atoms with Crippen LogP contribution in [0.3, 0.4) is 0 Å². The Kier molecular flexibility index (Phi) is 4.00. The number of furan rings is 1. The van der Waals surface area contributed by atoms with Gasteiger partial charge in [0.25, 0.3) is 0 Å². The number of fused-ring (bicyclic) bond motifs is 3. The third kappa shape index (κ3) is 2.88. The summed E-state index contributed by atoms with van der Waals surface area (Å²) >= 11 is 6.07. The van der Waals surface area contributed by atoms with Crippen LogP contribution >= 0.6 is 11.6 Å². The molecule has 1 aromatic heterocycles. The van der Waals surface area contributed by atoms with E-state index in [1.54, 1.807) is 0 Å². The van der Waals surface area contributed by atoms with E-state index in [0.717, 1.165) is 33.1 Å². The number of halogens is 1. The number of hydrogen-bond donors (Lipinski definition) is 0. The summed E-state index contributed by atoms with van der Waals surface area (Å²) in [7, 11) is 0. The smallest absolute Gasteiger partial charge is 0.193 e. The Morgan fingerprint density at radius 1 is 0.643 bits per heavy atom. The first kappa shape index (κ1) is 16.8. The van der Waals surface area contributed by atoms with E-state index in [2.05, 4.69) is 12.1 Å². The van der Waals surface area contributed by atoms with Crippen molar-refractivity contribution in [2.45, 2.75) is 0 Å². The molecule has 5 aromatic rings. The molecule has 0 atom stereocenters. The summed E-state index contributed by atoms with van der Waals surface area (Å²) in [6, 6.07) is 28.8. The minimum atomic E-state index is 0.0248. The van der Waals surface area contributed by atoms with E-state index >= 15 is 0 Å². The normalized spacial score (nSPS) is 11.2. The average Bonchev–Trinajstić information content (AvgIpc) is 3.10. The quantitative estimate of drug-likeness (QED) is 0.310. The van der Waals surface area contributed by atoms with Crippen molar-refractivity contribution in [3.63, 3.8) is 0 Å². The lowest BCUT2D eigenvalue weighted by atomic mass is 9.99. The van der Waals surface area contributed by atoms with Gasteiger partial charge in [-0.3, -0.25) is 4.79 Å². The Balaban J connectivity index is 1.51. The predicted molar refractivity (Wildman–Crippen MR) is 114 cm³/mol. The second-order valence-electron chi connectivity index (χ2n) is 6.73. The fourth-order valence-corrected chi connectivity index (χ4v) is 3.66. The van der Waals surface area contributed by atoms with Crippen molar-refractivity contribution in [1.29, 1.82) is 0 Å². The van der Waals surface area contributed by atoms with Gasteiger partial charge in [-0.2, -0.15) is 0 Å². The molecule has 5 rings (SSSR count). The van der Waals surface area contributed by atoms with E-state index in [0.29, 0.717) is 16.1 Å². The van der Waals surface area contributed by atoms with Gasteiger partial charge in [0.1, 0.15) is 11.2 Å². The average molecular weight is 383 g/mol. The maximum atomic E-state index is 12.6. The van der Waals surface area contributed by atoms with Gasteiger partial charge in [0.2, 0.25) is 0 Å². The van der Waals surface area contributed by atoms with E-state index in [4.69, 9.17) is 16.0 Å². The number of rotatable bonds is 3. The van der Waals surface area contributed by atoms with Gasteiger partial charge in [0, 0.05) is 33.0 Å². The number of hydrogen-bond acceptors (Lipinski definition) is 2. The molecule has 3 heteroatoms. The highest BCUT2D eigenvalue weighted by Gasteiger charge is 2.11. The second-order valence-corrected chi connectivity index (χ2v) is 7.16. The molecule has 28 heavy (non-hydrogen) atoms. The molecule has 2 nitrogen and oxygen atoms in total. The molecule has 0 radical (unpaired) electrons. The van der Waals surface area contributed by atoms with Crippen LogP contribution in [0.4, 0.5) is 0 Å². The predicted octanol–water partition coefficient (Wildman–Crippen LogP) is 7.14. The van der Waals surface area contributed by atoms with Gasteiger partial charge in [-0.1, -0.05) is 72.3 Å². The molecule has 0 aliphatic heterocycles. The largest absolute Gasteiger partial charge is 0.456 e. The Morgan fingerprint density at radius 2 is 1.25 bits per heavy atom. The van der Waals surface area contributed by atoms with Gasteiger partial charge in [-0.05, 0) is 35.4 Å². The van der Waals surface area contributed by atoms with E-state index in [-0.39, 0.29) is 5.78 Å². The zero-order valence-corrected chi connectivity index (χ0v) is 15.6. The van der Waals surface area contributed by atoms with Crippen molar-refractivity contribution in [2.24, 2.45) is 0 Å². The lowest BCUT2D eigenvalue weighted by molar-refractivity contribution is 0.103. The molecule has 0 saturated carbocycles. The van der Waals surface area contributed by atoms with Crippen LogP contribution in [0, 0.1) is 0 Å². The van der Waals surface area contributed by atoms with Crippen LogP contribution in [-0.2, 0) is 0 Å². The summed E-state index contributed by atoms with van der Waals surface area (Å²) in [5.74, 6) is 0.0248. The summed E-state index contributed by atoms with van der Waals surface area (Å²) < 4.78 is 5.98. The second kappa shape index (κ2) is 6.66. The van der Waals surface area contributed by atoms with Gasteiger partial charge < -0.3 is 4.42 Å². The first-order chi connectivity index (χ1) is 13.7. The maximum absolute atomic E-state index is 12.6. The molecule has 0 unspecified atom stereocenters. The molecule has 4 aromatic carbocycles. The molecule has 0 spiro atoms. The fraction of sp³-hybridized carbons (Fsp3) is 0. The van der Waals surface area contributed by atoms with Crippen molar-refractivity contribution in [2.75, 3.05) is 0 Å². The van der Waals surface area contributed by atoms with Gasteiger partial charge in [-0.15, -0.1) is 0 Å². The topological polar surface area (TPSA) is 30.2 Å². The highest BCUT2D eigenvalue weighted by Crippen LogP contribution is 2.33. The Morgan fingerprint density at radius 3 is 2.00 bits per heavy atom. The lowest BCUT2D eigenvalue weighted by Crippen LogP contribution is -2.00. The maximum Gasteiger partial charge on any atom is 0.193 e. The Hall–Kier alpha value is -3.36. The van der Waals surface area contributed by atoms with Crippen LogP contribution in [0.15, 0.2) is 95.4 Å². The van der Waals surface area contributed by atoms with Crippen LogP contribution in [-0.4, -0.2) is 5.78 Å². The third-order valence-corrected chi connectivity index (χ3v) is 5.19. The van der Waals surface area contributed by atoms with E-state index in [9.17, 15) is 4.79 Å². The minimum Gasteiger partial charge on any atom is -0.456 e. The summed E-state index contributed by atoms with van der Waals surface area (Å²) in [6.07, 6.45) is 0. The monoisotopic (exact) mass is 382 g/mol. The third-order valence-electron chi connectivity index (χ3n) is 4.95. The molecule has 0 aliphatic rings. The van der Waals surface area contributed by atoms with E-state index in [1.807, 2.05) is 78.9 Å². The standard InChI is InChI=1S/C25H15ClO2/c26-20-11-13-22-21-12-10-19(14-23(21)28-24(22)15-20)16-6-8-18(9-7-16)25(27)17-4-2-1-3-5-17/h1-15H. The zero-order valence-electron chi connectivity index (χ0n) is 14.9. The van der Waals surface area contributed by atoms with Crippen molar-refractivity contribution >= 4 is 39.3 Å². The molecule has 0 bridgehead atoms. The van der Waals surface area contributed by atoms with Gasteiger partial charge in [0.15, 0.2) is 5.78 Å². The molecular weight excluding hydrogens is 368 g/mol. The number of carbonyl (C=O) groups is 1. The molecule has 0 aliphatic carbocycles. The summed E-state index contributed by atoms with van der Waals surface area (Å²) in [6.45, 7) is 0. The molecule has 134 valence electrons. The molecule has 0 amide bonds. The van der Waals surface area contributed by atoms with Crippen molar-refractivity contribution in [3.8, 4) is 11.1 Å². The fourth-order valence-electron chi connectivity index (χ4n) is 3.50. The summed E-state index contributed by atoms with van der Waals surface area (Å²) in [5, 5.41) is 2.77. The Labute approximate surface area is 167 Å². The first-order valence-electron chi connectivity index (χ1n) is 9.01. The van der Waals surface area contributed by atoms with E-state index < -0.39 is 0 Å². The van der Waals surface area contributed by atoms with Gasteiger partial charge in [-0.25, -0.2) is 0 Å². The van der Waals surface area contributed by atoms with Crippen molar-refractivity contribution < 1.29 is 9.21 Å². The first-order valence-corrected chi connectivity index (χ1v) is 9.39. The molecule has 1 heterocycles. The lowest BCUT2D eigenvalue weighted by Gasteiger charge is -2.05. The van der Waals surface area contributed by atoms with Crippen molar-refractivity contribution in [1.82, 2.24) is 0 Å². The summed E-state index contributed by atoms with van der Waals surface area (Å²) in [4.78, 5) is 12.6. The highest BCUT2D eigenvalue weighted by atomic mass is 35.5. The van der Waals surface area contributed by atoms with Crippen LogP contribution in [0.25, 0.3) is 33.1 Å². The molecule has 0 saturated heterocycles. The molecule has 0 N–H and O–H groups in total. The summed E-state index contributed by atoms with van der Waals surface area (Å²) in [5.41, 5.74) is 5.04. The van der Waals surface area contributed by atoms with Crippen LogP contribution in [0.1, 0.15) is 15.9 Å². The van der Waals surface area contributed by atoms with Crippen LogP contribution in [0.2, 0.25) is 5.02 Å². The van der Waals surface area contributed by atoms with Crippen LogP contribution < -0.4 is 0 Å². The Bertz CT molecular complexity index is 1320. The minimum absolute atomic E-state index is 0.0248.